The van der Waals surface area contributed by atoms with E-state index in [0.717, 1.165) is 47.2 Å². The standard InChI is InChI=1S/C19H22BrNO2/c1-14-5-10-17(23-14)13-21(2)18(22)19(11-3-4-12-19)15-6-8-16(20)9-7-15/h5-10H,3-4,11-13H2,1-2H3. The van der Waals surface area contributed by atoms with Crippen molar-refractivity contribution in [2.24, 2.45) is 0 Å². The summed E-state index contributed by atoms with van der Waals surface area (Å²) in [6.07, 6.45) is 4.06. The number of hydrogen-bond donors (Lipinski definition) is 0. The summed E-state index contributed by atoms with van der Waals surface area (Å²) in [5, 5.41) is 0. The highest BCUT2D eigenvalue weighted by Crippen LogP contribution is 2.43. The molecule has 0 bridgehead atoms. The van der Waals surface area contributed by atoms with E-state index in [9.17, 15) is 4.79 Å². The van der Waals surface area contributed by atoms with Crippen LogP contribution in [-0.4, -0.2) is 17.9 Å². The molecule has 0 unspecified atom stereocenters. The van der Waals surface area contributed by atoms with Crippen molar-refractivity contribution < 1.29 is 9.21 Å². The largest absolute Gasteiger partial charge is 0.464 e. The number of aryl methyl sites for hydroxylation is 1. The summed E-state index contributed by atoms with van der Waals surface area (Å²) in [4.78, 5) is 15.0. The van der Waals surface area contributed by atoms with Crippen LogP contribution in [0.3, 0.4) is 0 Å². The molecule has 1 aliphatic carbocycles. The second kappa shape index (κ2) is 6.52. The van der Waals surface area contributed by atoms with Crippen LogP contribution in [-0.2, 0) is 16.8 Å². The Hall–Kier alpha value is -1.55. The lowest BCUT2D eigenvalue weighted by molar-refractivity contribution is -0.136. The normalized spacial score (nSPS) is 16.5. The van der Waals surface area contributed by atoms with Crippen molar-refractivity contribution in [2.75, 3.05) is 7.05 Å². The zero-order valence-corrected chi connectivity index (χ0v) is 15.2. The van der Waals surface area contributed by atoms with Gasteiger partial charge >= 0.3 is 0 Å². The number of benzene rings is 1. The highest BCUT2D eigenvalue weighted by Gasteiger charge is 2.44. The van der Waals surface area contributed by atoms with Gasteiger partial charge in [0.05, 0.1) is 12.0 Å². The average molecular weight is 376 g/mol. The molecule has 0 N–H and O–H groups in total. The van der Waals surface area contributed by atoms with E-state index in [1.807, 2.05) is 43.1 Å². The van der Waals surface area contributed by atoms with Gasteiger partial charge in [0, 0.05) is 11.5 Å². The molecular formula is C19H22BrNO2. The fraction of sp³-hybridized carbons (Fsp3) is 0.421. The molecule has 0 spiro atoms. The molecule has 3 nitrogen and oxygen atoms in total. The summed E-state index contributed by atoms with van der Waals surface area (Å²) in [6, 6.07) is 12.1. The molecule has 0 atom stereocenters. The number of halogens is 1. The predicted octanol–water partition coefficient (Wildman–Crippen LogP) is 4.82. The van der Waals surface area contributed by atoms with Crippen LogP contribution in [0.15, 0.2) is 45.3 Å². The Morgan fingerprint density at radius 3 is 2.39 bits per heavy atom. The van der Waals surface area contributed by atoms with Gasteiger partial charge in [0.2, 0.25) is 5.91 Å². The number of furan rings is 1. The minimum atomic E-state index is -0.378. The summed E-state index contributed by atoms with van der Waals surface area (Å²) in [5.74, 6) is 1.91. The van der Waals surface area contributed by atoms with Gasteiger partial charge in [-0.1, -0.05) is 40.9 Å². The first-order valence-electron chi connectivity index (χ1n) is 8.08. The average Bonchev–Trinajstić information content (AvgIpc) is 3.17. The number of carbonyl (C=O) groups excluding carboxylic acids is 1. The smallest absolute Gasteiger partial charge is 0.233 e. The van der Waals surface area contributed by atoms with Crippen LogP contribution in [0.4, 0.5) is 0 Å². The summed E-state index contributed by atoms with van der Waals surface area (Å²) >= 11 is 3.48. The molecule has 1 heterocycles. The van der Waals surface area contributed by atoms with E-state index in [4.69, 9.17) is 4.42 Å². The van der Waals surface area contributed by atoms with Crippen LogP contribution in [0.1, 0.15) is 42.8 Å². The van der Waals surface area contributed by atoms with Crippen molar-refractivity contribution in [2.45, 2.75) is 44.6 Å². The minimum absolute atomic E-state index is 0.200. The molecule has 4 heteroatoms. The fourth-order valence-corrected chi connectivity index (χ4v) is 3.88. The molecule has 3 rings (SSSR count). The van der Waals surface area contributed by atoms with E-state index in [0.29, 0.717) is 6.54 Å². The van der Waals surface area contributed by atoms with Crippen LogP contribution in [0.5, 0.6) is 0 Å². The maximum Gasteiger partial charge on any atom is 0.233 e. The fourth-order valence-electron chi connectivity index (χ4n) is 3.61. The lowest BCUT2D eigenvalue weighted by atomic mass is 9.77. The Balaban J connectivity index is 1.85. The van der Waals surface area contributed by atoms with Crippen molar-refractivity contribution in [3.05, 3.63) is 58.0 Å². The van der Waals surface area contributed by atoms with Gasteiger partial charge in [-0.2, -0.15) is 0 Å². The molecule has 1 fully saturated rings. The zero-order chi connectivity index (χ0) is 16.4. The van der Waals surface area contributed by atoms with E-state index < -0.39 is 0 Å². The summed E-state index contributed by atoms with van der Waals surface area (Å²) in [6.45, 7) is 2.44. The highest BCUT2D eigenvalue weighted by atomic mass is 79.9. The summed E-state index contributed by atoms with van der Waals surface area (Å²) in [7, 11) is 1.87. The third-order valence-electron chi connectivity index (χ3n) is 4.80. The molecule has 1 saturated carbocycles. The van der Waals surface area contributed by atoms with Crippen LogP contribution >= 0.6 is 15.9 Å². The van der Waals surface area contributed by atoms with Gasteiger partial charge in [-0.25, -0.2) is 0 Å². The van der Waals surface area contributed by atoms with Gasteiger partial charge in [-0.3, -0.25) is 4.79 Å². The molecule has 23 heavy (non-hydrogen) atoms. The number of likely N-dealkylation sites (N-methyl/N-ethyl adjacent to an activating group) is 1. The maximum absolute atomic E-state index is 13.2. The number of nitrogens with zero attached hydrogens (tertiary/aromatic N) is 1. The maximum atomic E-state index is 13.2. The summed E-state index contributed by atoms with van der Waals surface area (Å²) in [5.41, 5.74) is 0.752. The predicted molar refractivity (Wildman–Crippen MR) is 94.2 cm³/mol. The minimum Gasteiger partial charge on any atom is -0.464 e. The van der Waals surface area contributed by atoms with Crippen molar-refractivity contribution in [1.82, 2.24) is 4.90 Å². The van der Waals surface area contributed by atoms with Crippen molar-refractivity contribution in [3.63, 3.8) is 0 Å². The van der Waals surface area contributed by atoms with E-state index in [-0.39, 0.29) is 11.3 Å². The monoisotopic (exact) mass is 375 g/mol. The molecule has 0 aliphatic heterocycles. The second-order valence-corrected chi connectivity index (χ2v) is 7.39. The van der Waals surface area contributed by atoms with Crippen LogP contribution in [0.25, 0.3) is 0 Å². The van der Waals surface area contributed by atoms with Crippen molar-refractivity contribution in [1.29, 1.82) is 0 Å². The SMILES string of the molecule is Cc1ccc(CN(C)C(=O)C2(c3ccc(Br)cc3)CCCC2)o1. The zero-order valence-electron chi connectivity index (χ0n) is 13.6. The van der Waals surface area contributed by atoms with Gasteiger partial charge in [0.1, 0.15) is 11.5 Å². The number of amides is 1. The Kier molecular flexibility index (Phi) is 4.62. The Morgan fingerprint density at radius 1 is 1.17 bits per heavy atom. The topological polar surface area (TPSA) is 33.5 Å². The molecule has 1 amide bonds. The first-order valence-corrected chi connectivity index (χ1v) is 8.87. The molecule has 2 aromatic rings. The van der Waals surface area contributed by atoms with Crippen LogP contribution in [0.2, 0.25) is 0 Å². The molecule has 0 radical (unpaired) electrons. The third kappa shape index (κ3) is 3.23. The van der Waals surface area contributed by atoms with E-state index in [1.54, 1.807) is 0 Å². The van der Waals surface area contributed by atoms with Gasteiger partial charge in [0.15, 0.2) is 0 Å². The van der Waals surface area contributed by atoms with Gasteiger partial charge in [0.25, 0.3) is 0 Å². The number of hydrogen-bond acceptors (Lipinski definition) is 2. The van der Waals surface area contributed by atoms with Crippen LogP contribution < -0.4 is 0 Å². The molecule has 0 saturated heterocycles. The van der Waals surface area contributed by atoms with Gasteiger partial charge in [-0.15, -0.1) is 0 Å². The molecule has 122 valence electrons. The van der Waals surface area contributed by atoms with E-state index in [2.05, 4.69) is 28.1 Å². The summed E-state index contributed by atoms with van der Waals surface area (Å²) < 4.78 is 6.66. The van der Waals surface area contributed by atoms with Crippen LogP contribution in [0, 0.1) is 6.92 Å². The lowest BCUT2D eigenvalue weighted by Crippen LogP contribution is -2.43. The lowest BCUT2D eigenvalue weighted by Gasteiger charge is -2.32. The first kappa shape index (κ1) is 16.3. The van der Waals surface area contributed by atoms with E-state index in [1.165, 1.54) is 0 Å². The molecular weight excluding hydrogens is 354 g/mol. The molecule has 1 aromatic carbocycles. The Morgan fingerprint density at radius 2 is 1.83 bits per heavy atom. The highest BCUT2D eigenvalue weighted by molar-refractivity contribution is 9.10. The van der Waals surface area contributed by atoms with Crippen molar-refractivity contribution >= 4 is 21.8 Å². The van der Waals surface area contributed by atoms with Gasteiger partial charge in [-0.05, 0) is 49.6 Å². The Bertz CT molecular complexity index is 684. The first-order chi connectivity index (χ1) is 11.0. The number of carbonyl (C=O) groups is 1. The molecule has 1 aromatic heterocycles. The quantitative estimate of drug-likeness (QED) is 0.767. The second-order valence-electron chi connectivity index (χ2n) is 6.47. The van der Waals surface area contributed by atoms with Gasteiger partial charge < -0.3 is 9.32 Å². The molecule has 1 aliphatic rings. The Labute approximate surface area is 145 Å². The third-order valence-corrected chi connectivity index (χ3v) is 5.33. The van der Waals surface area contributed by atoms with Crippen molar-refractivity contribution in [3.8, 4) is 0 Å². The number of rotatable bonds is 4. The van der Waals surface area contributed by atoms with E-state index >= 15 is 0 Å².